The zero-order valence-electron chi connectivity index (χ0n) is 12.1. The van der Waals surface area contributed by atoms with Crippen LogP contribution in [-0.2, 0) is 12.0 Å². The molecule has 4 heteroatoms. The third-order valence-corrected chi connectivity index (χ3v) is 4.09. The van der Waals surface area contributed by atoms with Crippen molar-refractivity contribution in [2.75, 3.05) is 5.32 Å². The Morgan fingerprint density at radius 1 is 1.25 bits per heavy atom. The standard InChI is InChI=1S/C16H20N2OS/c1-16(2,3)12-4-6-13(7-5-12)18-9-14-8-11(10-20-14)15(17)19/h4-8,10,18H,9H2,1-3H3,(H2,17,19). The lowest BCUT2D eigenvalue weighted by molar-refractivity contribution is 0.100. The van der Waals surface area contributed by atoms with Gasteiger partial charge in [-0.2, -0.15) is 0 Å². The van der Waals surface area contributed by atoms with Crippen LogP contribution in [0.2, 0.25) is 0 Å². The van der Waals surface area contributed by atoms with Crippen molar-refractivity contribution in [1.82, 2.24) is 0 Å². The summed E-state index contributed by atoms with van der Waals surface area (Å²) in [4.78, 5) is 12.1. The molecule has 0 unspecified atom stereocenters. The van der Waals surface area contributed by atoms with Crippen molar-refractivity contribution in [2.24, 2.45) is 5.73 Å². The van der Waals surface area contributed by atoms with Crippen molar-refractivity contribution in [3.8, 4) is 0 Å². The summed E-state index contributed by atoms with van der Waals surface area (Å²) in [5.74, 6) is -0.373. The molecule has 0 spiro atoms. The molecule has 0 saturated carbocycles. The summed E-state index contributed by atoms with van der Waals surface area (Å²) in [5.41, 5.74) is 8.38. The molecular formula is C16H20N2OS. The van der Waals surface area contributed by atoms with Crippen molar-refractivity contribution < 1.29 is 4.79 Å². The minimum Gasteiger partial charge on any atom is -0.380 e. The first-order valence-electron chi connectivity index (χ1n) is 6.58. The van der Waals surface area contributed by atoms with Crippen molar-refractivity contribution in [3.05, 3.63) is 51.7 Å². The molecule has 0 fully saturated rings. The van der Waals surface area contributed by atoms with E-state index in [-0.39, 0.29) is 11.3 Å². The van der Waals surface area contributed by atoms with Gasteiger partial charge < -0.3 is 11.1 Å². The maximum absolute atomic E-state index is 11.0. The normalized spacial score (nSPS) is 11.3. The summed E-state index contributed by atoms with van der Waals surface area (Å²) in [7, 11) is 0. The van der Waals surface area contributed by atoms with E-state index in [4.69, 9.17) is 5.73 Å². The van der Waals surface area contributed by atoms with Crippen LogP contribution in [0, 0.1) is 0 Å². The smallest absolute Gasteiger partial charge is 0.249 e. The first kappa shape index (κ1) is 14.6. The van der Waals surface area contributed by atoms with Crippen LogP contribution in [-0.4, -0.2) is 5.91 Å². The second-order valence-electron chi connectivity index (χ2n) is 5.85. The van der Waals surface area contributed by atoms with Gasteiger partial charge in [-0.15, -0.1) is 11.3 Å². The fourth-order valence-corrected chi connectivity index (χ4v) is 2.69. The number of rotatable bonds is 4. The van der Waals surface area contributed by atoms with Gasteiger partial charge in [0.05, 0.1) is 5.56 Å². The number of primary amides is 1. The summed E-state index contributed by atoms with van der Waals surface area (Å²) in [6.45, 7) is 7.30. The lowest BCUT2D eigenvalue weighted by atomic mass is 9.87. The van der Waals surface area contributed by atoms with Gasteiger partial charge in [0.1, 0.15) is 0 Å². The van der Waals surface area contributed by atoms with Gasteiger partial charge in [-0.1, -0.05) is 32.9 Å². The van der Waals surface area contributed by atoms with Gasteiger partial charge in [0.15, 0.2) is 0 Å². The maximum Gasteiger partial charge on any atom is 0.249 e. The summed E-state index contributed by atoms with van der Waals surface area (Å²) in [6, 6.07) is 10.3. The van der Waals surface area contributed by atoms with E-state index in [1.807, 2.05) is 6.07 Å². The van der Waals surface area contributed by atoms with E-state index in [1.165, 1.54) is 5.56 Å². The molecule has 0 radical (unpaired) electrons. The summed E-state index contributed by atoms with van der Waals surface area (Å²) in [6.07, 6.45) is 0. The van der Waals surface area contributed by atoms with Gasteiger partial charge in [0, 0.05) is 22.5 Å². The molecule has 1 aromatic carbocycles. The topological polar surface area (TPSA) is 55.1 Å². The number of thiophene rings is 1. The Hall–Kier alpha value is -1.81. The molecule has 0 bridgehead atoms. The molecule has 3 N–H and O–H groups in total. The number of hydrogen-bond acceptors (Lipinski definition) is 3. The van der Waals surface area contributed by atoms with Crippen LogP contribution in [0.25, 0.3) is 0 Å². The van der Waals surface area contributed by atoms with Gasteiger partial charge in [0.2, 0.25) is 5.91 Å². The largest absolute Gasteiger partial charge is 0.380 e. The number of nitrogens with two attached hydrogens (primary N) is 1. The molecule has 0 atom stereocenters. The summed E-state index contributed by atoms with van der Waals surface area (Å²) < 4.78 is 0. The highest BCUT2D eigenvalue weighted by Gasteiger charge is 2.12. The van der Waals surface area contributed by atoms with Gasteiger partial charge in [0.25, 0.3) is 0 Å². The minimum absolute atomic E-state index is 0.169. The highest BCUT2D eigenvalue weighted by Crippen LogP contribution is 2.24. The molecule has 1 aromatic heterocycles. The van der Waals surface area contributed by atoms with Crippen LogP contribution in [0.3, 0.4) is 0 Å². The second kappa shape index (κ2) is 5.67. The van der Waals surface area contributed by atoms with Crippen molar-refractivity contribution in [2.45, 2.75) is 32.7 Å². The molecule has 1 amide bonds. The number of benzene rings is 1. The highest BCUT2D eigenvalue weighted by atomic mass is 32.1. The van der Waals surface area contributed by atoms with E-state index in [9.17, 15) is 4.79 Å². The van der Waals surface area contributed by atoms with Crippen LogP contribution < -0.4 is 11.1 Å². The number of hydrogen-bond donors (Lipinski definition) is 2. The molecular weight excluding hydrogens is 268 g/mol. The van der Waals surface area contributed by atoms with Crippen molar-refractivity contribution in [1.29, 1.82) is 0 Å². The zero-order valence-corrected chi connectivity index (χ0v) is 12.9. The van der Waals surface area contributed by atoms with Crippen LogP contribution >= 0.6 is 11.3 Å². The molecule has 0 aliphatic rings. The lowest BCUT2D eigenvalue weighted by Crippen LogP contribution is -2.10. The van der Waals surface area contributed by atoms with Gasteiger partial charge in [-0.25, -0.2) is 0 Å². The van der Waals surface area contributed by atoms with Crippen LogP contribution in [0.1, 0.15) is 41.6 Å². The molecule has 0 aliphatic heterocycles. The maximum atomic E-state index is 11.0. The van der Waals surface area contributed by atoms with E-state index < -0.39 is 0 Å². The van der Waals surface area contributed by atoms with Crippen LogP contribution in [0.5, 0.6) is 0 Å². The van der Waals surface area contributed by atoms with Crippen molar-refractivity contribution in [3.63, 3.8) is 0 Å². The predicted octanol–water partition coefficient (Wildman–Crippen LogP) is 3.76. The van der Waals surface area contributed by atoms with E-state index >= 15 is 0 Å². The summed E-state index contributed by atoms with van der Waals surface area (Å²) >= 11 is 1.54. The van der Waals surface area contributed by atoms with E-state index in [0.717, 1.165) is 10.6 Å². The first-order chi connectivity index (χ1) is 9.36. The monoisotopic (exact) mass is 288 g/mol. The van der Waals surface area contributed by atoms with E-state index in [2.05, 4.69) is 50.4 Å². The third-order valence-electron chi connectivity index (χ3n) is 3.16. The SMILES string of the molecule is CC(C)(C)c1ccc(NCc2cc(C(N)=O)cs2)cc1. The molecule has 0 aliphatic carbocycles. The molecule has 106 valence electrons. The first-order valence-corrected chi connectivity index (χ1v) is 7.46. The number of carbonyl (C=O) groups is 1. The number of anilines is 1. The molecule has 0 saturated heterocycles. The molecule has 20 heavy (non-hydrogen) atoms. The number of carbonyl (C=O) groups excluding carboxylic acids is 1. The zero-order chi connectivity index (χ0) is 14.8. The minimum atomic E-state index is -0.373. The molecule has 2 aromatic rings. The van der Waals surface area contributed by atoms with Crippen molar-refractivity contribution >= 4 is 22.9 Å². The Balaban J connectivity index is 1.98. The van der Waals surface area contributed by atoms with E-state index in [0.29, 0.717) is 12.1 Å². The average Bonchev–Trinajstić information content (AvgIpc) is 2.85. The van der Waals surface area contributed by atoms with E-state index in [1.54, 1.807) is 16.7 Å². The Bertz CT molecular complexity index is 594. The second-order valence-corrected chi connectivity index (χ2v) is 6.84. The molecule has 2 rings (SSSR count). The van der Waals surface area contributed by atoms with Gasteiger partial charge in [-0.3, -0.25) is 4.79 Å². The van der Waals surface area contributed by atoms with Gasteiger partial charge in [-0.05, 0) is 29.2 Å². The van der Waals surface area contributed by atoms with Crippen LogP contribution in [0.15, 0.2) is 35.7 Å². The fourth-order valence-electron chi connectivity index (χ4n) is 1.88. The summed E-state index contributed by atoms with van der Waals surface area (Å²) in [5, 5.41) is 5.14. The lowest BCUT2D eigenvalue weighted by Gasteiger charge is -2.19. The average molecular weight is 288 g/mol. The van der Waals surface area contributed by atoms with Crippen LogP contribution in [0.4, 0.5) is 5.69 Å². The Morgan fingerprint density at radius 3 is 2.40 bits per heavy atom. The third kappa shape index (κ3) is 3.61. The fraction of sp³-hybridized carbons (Fsp3) is 0.312. The Morgan fingerprint density at radius 2 is 1.90 bits per heavy atom. The number of nitrogens with one attached hydrogen (secondary N) is 1. The Kier molecular flexibility index (Phi) is 4.14. The highest BCUT2D eigenvalue weighted by molar-refractivity contribution is 7.10. The molecule has 1 heterocycles. The molecule has 3 nitrogen and oxygen atoms in total. The predicted molar refractivity (Wildman–Crippen MR) is 85.3 cm³/mol. The Labute approximate surface area is 123 Å². The van der Waals surface area contributed by atoms with Gasteiger partial charge >= 0.3 is 0 Å². The number of amides is 1. The quantitative estimate of drug-likeness (QED) is 0.900.